The van der Waals surface area contributed by atoms with E-state index in [1.807, 2.05) is 47.0 Å². The van der Waals surface area contributed by atoms with Gasteiger partial charge in [0.1, 0.15) is 11.5 Å². The second kappa shape index (κ2) is 4.77. The van der Waals surface area contributed by atoms with Gasteiger partial charge < -0.3 is 15.2 Å². The molecule has 5 nitrogen and oxygen atoms in total. The normalized spacial score (nSPS) is 10.7. The Morgan fingerprint density at radius 2 is 1.85 bits per heavy atom. The molecule has 0 saturated carbocycles. The van der Waals surface area contributed by atoms with Crippen molar-refractivity contribution in [1.82, 2.24) is 9.55 Å². The van der Waals surface area contributed by atoms with E-state index in [2.05, 4.69) is 4.98 Å². The van der Waals surface area contributed by atoms with Gasteiger partial charge in [-0.05, 0) is 24.3 Å². The first-order chi connectivity index (χ1) is 9.74. The van der Waals surface area contributed by atoms with E-state index in [1.165, 1.54) is 0 Å². The molecule has 0 saturated heterocycles. The van der Waals surface area contributed by atoms with Crippen LogP contribution >= 0.6 is 0 Å². The molecular weight excluding hydrogens is 254 g/mol. The quantitative estimate of drug-likeness (QED) is 0.794. The monoisotopic (exact) mass is 269 g/mol. The Hall–Kier alpha value is -2.69. The molecule has 0 spiro atoms. The fourth-order valence-corrected chi connectivity index (χ4v) is 2.27. The lowest BCUT2D eigenvalue weighted by Crippen LogP contribution is -2.03. The predicted octanol–water partition coefficient (Wildman–Crippen LogP) is 2.62. The third kappa shape index (κ3) is 1.84. The summed E-state index contributed by atoms with van der Waals surface area (Å²) in [5.74, 6) is 1.84. The minimum atomic E-state index is 0.426. The molecule has 5 heteroatoms. The van der Waals surface area contributed by atoms with Gasteiger partial charge in [0.2, 0.25) is 5.95 Å². The van der Waals surface area contributed by atoms with Crippen LogP contribution in [0.25, 0.3) is 16.7 Å². The zero-order chi connectivity index (χ0) is 14.1. The third-order valence-electron chi connectivity index (χ3n) is 3.21. The lowest BCUT2D eigenvalue weighted by atomic mass is 10.2. The molecule has 2 aromatic carbocycles. The molecule has 0 aliphatic carbocycles. The smallest absolute Gasteiger partial charge is 0.206 e. The van der Waals surface area contributed by atoms with Crippen molar-refractivity contribution in [2.24, 2.45) is 0 Å². The minimum Gasteiger partial charge on any atom is -0.497 e. The Kier molecular flexibility index (Phi) is 2.95. The van der Waals surface area contributed by atoms with Crippen molar-refractivity contribution in [1.29, 1.82) is 0 Å². The van der Waals surface area contributed by atoms with Gasteiger partial charge in [0, 0.05) is 6.07 Å². The Morgan fingerprint density at radius 1 is 1.05 bits per heavy atom. The largest absolute Gasteiger partial charge is 0.497 e. The zero-order valence-corrected chi connectivity index (χ0v) is 11.3. The fourth-order valence-electron chi connectivity index (χ4n) is 2.27. The van der Waals surface area contributed by atoms with Crippen LogP contribution in [0.15, 0.2) is 42.5 Å². The van der Waals surface area contributed by atoms with Crippen molar-refractivity contribution in [2.45, 2.75) is 0 Å². The summed E-state index contributed by atoms with van der Waals surface area (Å²) in [4.78, 5) is 4.36. The maximum absolute atomic E-state index is 6.04. The maximum Gasteiger partial charge on any atom is 0.206 e. The zero-order valence-electron chi connectivity index (χ0n) is 11.3. The molecule has 20 heavy (non-hydrogen) atoms. The van der Waals surface area contributed by atoms with Crippen molar-refractivity contribution in [2.75, 3.05) is 20.0 Å². The van der Waals surface area contributed by atoms with E-state index in [-0.39, 0.29) is 0 Å². The number of anilines is 1. The van der Waals surface area contributed by atoms with Gasteiger partial charge in [-0.15, -0.1) is 0 Å². The number of aromatic nitrogens is 2. The molecule has 0 aliphatic heterocycles. The molecule has 0 aliphatic rings. The summed E-state index contributed by atoms with van der Waals surface area (Å²) in [6.45, 7) is 0. The van der Waals surface area contributed by atoms with E-state index >= 15 is 0 Å². The number of benzene rings is 2. The average Bonchev–Trinajstić information content (AvgIpc) is 2.82. The van der Waals surface area contributed by atoms with E-state index in [9.17, 15) is 0 Å². The lowest BCUT2D eigenvalue weighted by Gasteiger charge is -2.12. The van der Waals surface area contributed by atoms with Gasteiger partial charge in [-0.25, -0.2) is 4.98 Å². The Balaban J connectivity index is 2.28. The molecule has 3 aromatic rings. The summed E-state index contributed by atoms with van der Waals surface area (Å²) in [6.07, 6.45) is 0. The number of hydrogen-bond acceptors (Lipinski definition) is 4. The summed E-state index contributed by atoms with van der Waals surface area (Å²) >= 11 is 0. The van der Waals surface area contributed by atoms with Crippen LogP contribution < -0.4 is 15.2 Å². The van der Waals surface area contributed by atoms with Crippen LogP contribution in [0.4, 0.5) is 5.95 Å². The molecular formula is C15H15N3O2. The van der Waals surface area contributed by atoms with E-state index in [1.54, 1.807) is 14.2 Å². The highest BCUT2D eigenvalue weighted by Gasteiger charge is 2.14. The van der Waals surface area contributed by atoms with Crippen molar-refractivity contribution < 1.29 is 9.47 Å². The summed E-state index contributed by atoms with van der Waals surface area (Å²) in [7, 11) is 3.24. The number of rotatable bonds is 3. The molecule has 3 rings (SSSR count). The maximum atomic E-state index is 6.04. The number of nitrogens with zero attached hydrogens (tertiary/aromatic N) is 2. The Morgan fingerprint density at radius 3 is 2.60 bits per heavy atom. The lowest BCUT2D eigenvalue weighted by molar-refractivity contribution is 0.393. The second-order valence-corrected chi connectivity index (χ2v) is 4.33. The fraction of sp³-hybridized carbons (Fsp3) is 0.133. The van der Waals surface area contributed by atoms with Crippen molar-refractivity contribution in [3.8, 4) is 17.2 Å². The standard InChI is InChI=1S/C15H15N3O2/c1-19-10-7-8-13(14(9-10)20-2)18-12-6-4-3-5-11(12)17-15(18)16/h3-9H,1-2H3,(H2,16,17). The molecule has 1 aromatic heterocycles. The molecule has 0 fully saturated rings. The van der Waals surface area contributed by atoms with Crippen molar-refractivity contribution in [3.05, 3.63) is 42.5 Å². The van der Waals surface area contributed by atoms with Crippen LogP contribution in [0.5, 0.6) is 11.5 Å². The van der Waals surface area contributed by atoms with E-state index in [0.717, 1.165) is 22.5 Å². The number of methoxy groups -OCH3 is 2. The third-order valence-corrected chi connectivity index (χ3v) is 3.21. The number of fused-ring (bicyclic) bond motifs is 1. The van der Waals surface area contributed by atoms with Gasteiger partial charge in [0.15, 0.2) is 0 Å². The minimum absolute atomic E-state index is 0.426. The average molecular weight is 269 g/mol. The van der Waals surface area contributed by atoms with Crippen LogP contribution in [0.2, 0.25) is 0 Å². The Bertz CT molecular complexity index is 765. The summed E-state index contributed by atoms with van der Waals surface area (Å²) in [5, 5.41) is 0. The van der Waals surface area contributed by atoms with Gasteiger partial charge in [0.05, 0.1) is 30.9 Å². The number of hydrogen-bond donors (Lipinski definition) is 1. The van der Waals surface area contributed by atoms with E-state index in [0.29, 0.717) is 11.7 Å². The van der Waals surface area contributed by atoms with Gasteiger partial charge >= 0.3 is 0 Å². The van der Waals surface area contributed by atoms with Crippen LogP contribution in [0, 0.1) is 0 Å². The van der Waals surface area contributed by atoms with Gasteiger partial charge in [-0.1, -0.05) is 12.1 Å². The molecule has 0 amide bonds. The van der Waals surface area contributed by atoms with Crippen LogP contribution in [-0.4, -0.2) is 23.8 Å². The highest BCUT2D eigenvalue weighted by molar-refractivity contribution is 5.81. The first kappa shape index (κ1) is 12.3. The number of nitrogen functional groups attached to an aromatic ring is 1. The molecule has 2 N–H and O–H groups in total. The summed E-state index contributed by atoms with van der Waals surface area (Å²) < 4.78 is 12.5. The first-order valence-corrected chi connectivity index (χ1v) is 6.20. The van der Waals surface area contributed by atoms with Gasteiger partial charge in [0.25, 0.3) is 0 Å². The second-order valence-electron chi connectivity index (χ2n) is 4.33. The highest BCUT2D eigenvalue weighted by Crippen LogP contribution is 2.32. The van der Waals surface area contributed by atoms with Crippen molar-refractivity contribution >= 4 is 17.0 Å². The summed E-state index contributed by atoms with van der Waals surface area (Å²) in [6, 6.07) is 13.4. The van der Waals surface area contributed by atoms with Crippen LogP contribution in [0.1, 0.15) is 0 Å². The molecule has 0 unspecified atom stereocenters. The molecule has 0 atom stereocenters. The van der Waals surface area contributed by atoms with Crippen LogP contribution in [-0.2, 0) is 0 Å². The number of nitrogens with two attached hydrogens (primary N) is 1. The topological polar surface area (TPSA) is 62.3 Å². The molecule has 102 valence electrons. The molecule has 0 bridgehead atoms. The SMILES string of the molecule is COc1ccc(-n2c(N)nc3ccccc32)c(OC)c1. The number of ether oxygens (including phenoxy) is 2. The van der Waals surface area contributed by atoms with Crippen LogP contribution in [0.3, 0.4) is 0 Å². The van der Waals surface area contributed by atoms with Gasteiger partial charge in [-0.3, -0.25) is 4.57 Å². The first-order valence-electron chi connectivity index (χ1n) is 6.20. The summed E-state index contributed by atoms with van der Waals surface area (Å²) in [5.41, 5.74) is 8.67. The molecule has 1 heterocycles. The van der Waals surface area contributed by atoms with E-state index in [4.69, 9.17) is 15.2 Å². The number of para-hydroxylation sites is 2. The van der Waals surface area contributed by atoms with Gasteiger partial charge in [-0.2, -0.15) is 0 Å². The highest BCUT2D eigenvalue weighted by atomic mass is 16.5. The Labute approximate surface area is 116 Å². The van der Waals surface area contributed by atoms with Crippen molar-refractivity contribution in [3.63, 3.8) is 0 Å². The van der Waals surface area contributed by atoms with E-state index < -0.39 is 0 Å². The molecule has 0 radical (unpaired) electrons. The number of imidazole rings is 1. The predicted molar refractivity (Wildman–Crippen MR) is 78.6 cm³/mol.